The molecule has 2 aromatic carbocycles. The molecule has 3 rings (SSSR count). The van der Waals surface area contributed by atoms with Gasteiger partial charge in [0.25, 0.3) is 0 Å². The third-order valence-electron chi connectivity index (χ3n) is 10.6. The number of unbranched alkanes of at least 4 members (excludes halogenated alkanes) is 1. The van der Waals surface area contributed by atoms with Crippen molar-refractivity contribution in [2.75, 3.05) is 177 Å². The maximum Gasteiger partial charge on any atom is 0.305 e. The van der Waals surface area contributed by atoms with E-state index in [9.17, 15) is 24.0 Å². The maximum absolute atomic E-state index is 13.6. The predicted octanol–water partition coefficient (Wildman–Crippen LogP) is 1.90. The predicted molar refractivity (Wildman–Crippen MR) is 274 cm³/mol. The summed E-state index contributed by atoms with van der Waals surface area (Å²) in [5.74, 6) is 3.68. The summed E-state index contributed by atoms with van der Waals surface area (Å²) >= 11 is 0. The van der Waals surface area contributed by atoms with E-state index in [1.165, 1.54) is 0 Å². The summed E-state index contributed by atoms with van der Waals surface area (Å²) in [6.45, 7) is 10.00. The van der Waals surface area contributed by atoms with Crippen molar-refractivity contribution in [1.82, 2.24) is 16.0 Å². The quantitative estimate of drug-likeness (QED) is 0.0545. The fourth-order valence-electron chi connectivity index (χ4n) is 6.71. The normalized spacial score (nSPS) is 12.1. The molecule has 0 saturated heterocycles. The Morgan fingerprint density at radius 3 is 1.43 bits per heavy atom. The van der Waals surface area contributed by atoms with Gasteiger partial charge in [-0.05, 0) is 36.6 Å². The third-order valence-corrected chi connectivity index (χ3v) is 10.6. The van der Waals surface area contributed by atoms with E-state index in [4.69, 9.17) is 61.9 Å². The third kappa shape index (κ3) is 32.8. The Morgan fingerprint density at radius 2 is 0.933 bits per heavy atom. The number of carboxylic acid groups (broad SMARTS) is 1. The molecule has 0 radical (unpaired) electrons. The number of hydrogen-bond acceptors (Lipinski definition) is 17. The SMILES string of the molecule is COCCOCCOCCOCCOCCOCCOCCOCCOCCOCCOCCOCCC(=O)NC[C@H](NC(=O)CCCCC(=O)N1Cc2ccccc2C#Cc2ccccc21)C(=O)NCCC(=O)O. The Bertz CT molecular complexity index is 1930. The highest BCUT2D eigenvalue weighted by molar-refractivity contribution is 5.95. The lowest BCUT2D eigenvalue weighted by atomic mass is 10.0. The first-order chi connectivity index (χ1) is 36.8. The van der Waals surface area contributed by atoms with Crippen LogP contribution in [0.15, 0.2) is 48.5 Å². The molecule has 1 aliphatic rings. The van der Waals surface area contributed by atoms with Crippen molar-refractivity contribution in [2.45, 2.75) is 51.1 Å². The summed E-state index contributed by atoms with van der Waals surface area (Å²) < 4.78 is 65.0. The van der Waals surface area contributed by atoms with Crippen molar-refractivity contribution < 1.29 is 85.9 Å². The van der Waals surface area contributed by atoms with Crippen LogP contribution in [0.2, 0.25) is 0 Å². The number of aliphatic carboxylic acids is 1. The van der Waals surface area contributed by atoms with E-state index in [1.54, 1.807) is 12.0 Å². The van der Waals surface area contributed by atoms with Crippen LogP contribution in [0.4, 0.5) is 5.69 Å². The highest BCUT2D eigenvalue weighted by atomic mass is 16.6. The molecular formula is C53H80N4O18. The van der Waals surface area contributed by atoms with Gasteiger partial charge in [-0.3, -0.25) is 24.0 Å². The van der Waals surface area contributed by atoms with Crippen LogP contribution in [0.3, 0.4) is 0 Å². The number of amides is 4. The number of fused-ring (bicyclic) bond motifs is 2. The molecule has 1 atom stereocenters. The molecule has 1 heterocycles. The maximum atomic E-state index is 13.6. The number of benzene rings is 2. The van der Waals surface area contributed by atoms with E-state index in [1.807, 2.05) is 48.5 Å². The van der Waals surface area contributed by atoms with Crippen LogP contribution < -0.4 is 20.9 Å². The molecule has 0 aromatic heterocycles. The van der Waals surface area contributed by atoms with Gasteiger partial charge in [0.15, 0.2) is 0 Å². The molecule has 0 fully saturated rings. The van der Waals surface area contributed by atoms with E-state index >= 15 is 0 Å². The van der Waals surface area contributed by atoms with Gasteiger partial charge in [-0.15, -0.1) is 0 Å². The lowest BCUT2D eigenvalue weighted by Crippen LogP contribution is -2.53. The highest BCUT2D eigenvalue weighted by Gasteiger charge is 2.23. The van der Waals surface area contributed by atoms with E-state index < -0.39 is 29.7 Å². The minimum Gasteiger partial charge on any atom is -0.481 e. The standard InChI is InChI=1S/C53H80N4O18/c1-64-20-21-66-24-25-68-28-29-70-32-33-72-36-37-74-40-41-75-39-38-73-35-34-71-31-30-69-27-26-67-23-22-65-19-17-49(58)55-42-47(53(63)54-18-16-52(61)62)56-50(59)12-6-7-13-51(60)57-43-46-10-3-2-8-44(46)14-15-45-9-4-5-11-48(45)57/h2-5,8-11,47H,6-7,12-13,16-43H2,1H3,(H,54,63)(H,55,58)(H,56,59)(H,61,62)/t47-/m0/s1. The Balaban J connectivity index is 1.11. The number of carboxylic acids is 1. The van der Waals surface area contributed by atoms with Crippen molar-refractivity contribution in [3.63, 3.8) is 0 Å². The zero-order chi connectivity index (χ0) is 53.7. The van der Waals surface area contributed by atoms with Crippen LogP contribution in [-0.2, 0) is 87.4 Å². The zero-order valence-electron chi connectivity index (χ0n) is 43.7. The van der Waals surface area contributed by atoms with Crippen molar-refractivity contribution in [3.8, 4) is 11.8 Å². The number of methoxy groups -OCH3 is 1. The van der Waals surface area contributed by atoms with Crippen LogP contribution in [0.5, 0.6) is 0 Å². The van der Waals surface area contributed by atoms with Crippen molar-refractivity contribution >= 4 is 35.3 Å². The highest BCUT2D eigenvalue weighted by Crippen LogP contribution is 2.26. The van der Waals surface area contributed by atoms with Gasteiger partial charge in [0.2, 0.25) is 23.6 Å². The summed E-state index contributed by atoms with van der Waals surface area (Å²) in [4.78, 5) is 64.8. The fraction of sp³-hybridized carbons (Fsp3) is 0.642. The molecule has 4 N–H and O–H groups in total. The van der Waals surface area contributed by atoms with Crippen molar-refractivity contribution in [1.29, 1.82) is 0 Å². The first-order valence-electron chi connectivity index (χ1n) is 25.7. The van der Waals surface area contributed by atoms with Crippen LogP contribution in [-0.4, -0.2) is 213 Å². The van der Waals surface area contributed by atoms with Gasteiger partial charge >= 0.3 is 5.97 Å². The van der Waals surface area contributed by atoms with Crippen molar-refractivity contribution in [2.24, 2.45) is 0 Å². The molecule has 2 aromatic rings. The van der Waals surface area contributed by atoms with Gasteiger partial charge in [-0.1, -0.05) is 42.2 Å². The number of anilines is 1. The second-order valence-electron chi connectivity index (χ2n) is 16.4. The average Bonchev–Trinajstić information content (AvgIpc) is 3.40. The minimum atomic E-state index is -1.15. The first-order valence-corrected chi connectivity index (χ1v) is 25.7. The van der Waals surface area contributed by atoms with Crippen LogP contribution in [0.25, 0.3) is 0 Å². The number of rotatable bonds is 48. The minimum absolute atomic E-state index is 0.00590. The van der Waals surface area contributed by atoms with Gasteiger partial charge in [0.05, 0.1) is 171 Å². The van der Waals surface area contributed by atoms with Gasteiger partial charge in [0.1, 0.15) is 6.04 Å². The van der Waals surface area contributed by atoms with Crippen LogP contribution in [0.1, 0.15) is 55.2 Å². The Hall–Kier alpha value is -5.13. The van der Waals surface area contributed by atoms with E-state index in [2.05, 4.69) is 27.8 Å². The molecule has 0 aliphatic carbocycles. The Morgan fingerprint density at radius 1 is 0.507 bits per heavy atom. The monoisotopic (exact) mass is 1060 g/mol. The molecule has 0 unspecified atom stereocenters. The van der Waals surface area contributed by atoms with Gasteiger partial charge in [-0.2, -0.15) is 0 Å². The number of hydrogen-bond donors (Lipinski definition) is 4. The lowest BCUT2D eigenvalue weighted by molar-refractivity contribution is -0.137. The summed E-state index contributed by atoms with van der Waals surface area (Å²) in [7, 11) is 1.63. The molecule has 4 amide bonds. The van der Waals surface area contributed by atoms with E-state index in [0.29, 0.717) is 158 Å². The molecule has 420 valence electrons. The molecule has 0 spiro atoms. The lowest BCUT2D eigenvalue weighted by Gasteiger charge is -2.26. The van der Waals surface area contributed by atoms with E-state index in [-0.39, 0.29) is 57.9 Å². The number of ether oxygens (including phenoxy) is 12. The second kappa shape index (κ2) is 44.0. The summed E-state index contributed by atoms with van der Waals surface area (Å²) in [5.41, 5.74) is 3.27. The molecular weight excluding hydrogens is 981 g/mol. The van der Waals surface area contributed by atoms with E-state index in [0.717, 1.165) is 22.4 Å². The van der Waals surface area contributed by atoms with Gasteiger partial charge in [-0.25, -0.2) is 0 Å². The van der Waals surface area contributed by atoms with Crippen LogP contribution in [0, 0.1) is 11.8 Å². The summed E-state index contributed by atoms with van der Waals surface area (Å²) in [5, 5.41) is 16.8. The molecule has 75 heavy (non-hydrogen) atoms. The Kier molecular flexibility index (Phi) is 37.7. The van der Waals surface area contributed by atoms with Gasteiger partial charge in [0, 0.05) is 50.6 Å². The topological polar surface area (TPSA) is 256 Å². The fourth-order valence-corrected chi connectivity index (χ4v) is 6.71. The first kappa shape index (κ1) is 64.2. The number of carbonyl (C=O) groups excluding carboxylic acids is 4. The molecule has 22 heteroatoms. The van der Waals surface area contributed by atoms with Crippen molar-refractivity contribution in [3.05, 3.63) is 65.2 Å². The average molecular weight is 1060 g/mol. The Labute approximate surface area is 441 Å². The van der Waals surface area contributed by atoms with Gasteiger partial charge < -0.3 is 82.8 Å². The molecule has 22 nitrogen and oxygen atoms in total. The summed E-state index contributed by atoms with van der Waals surface area (Å²) in [6, 6.07) is 14.0. The molecule has 0 bridgehead atoms. The summed E-state index contributed by atoms with van der Waals surface area (Å²) in [6.07, 6.45) is 0.670. The zero-order valence-corrected chi connectivity index (χ0v) is 43.7. The largest absolute Gasteiger partial charge is 0.481 e. The smallest absolute Gasteiger partial charge is 0.305 e. The van der Waals surface area contributed by atoms with Crippen LogP contribution >= 0.6 is 0 Å². The number of carbonyl (C=O) groups is 5. The molecule has 1 aliphatic heterocycles. The molecule has 0 saturated carbocycles. The number of para-hydroxylation sites is 1. The number of nitrogens with zero attached hydrogens (tertiary/aromatic N) is 1. The number of nitrogens with one attached hydrogen (secondary N) is 3. The second-order valence-corrected chi connectivity index (χ2v) is 16.4.